The van der Waals surface area contributed by atoms with Crippen molar-refractivity contribution in [2.75, 3.05) is 18.6 Å². The standard InChI is InChI=1S/C16H18N2O2/c1-3-10-20-16-8-7-13(11-15(16)18(2)12-19)14-6-4-5-9-17-14/h4-9,11-12H,3,10H2,1-2H3. The first-order valence-electron chi connectivity index (χ1n) is 6.62. The smallest absolute Gasteiger partial charge is 0.213 e. The van der Waals surface area contributed by atoms with Gasteiger partial charge < -0.3 is 9.64 Å². The van der Waals surface area contributed by atoms with Crippen molar-refractivity contribution in [3.05, 3.63) is 42.6 Å². The number of benzene rings is 1. The Bertz CT molecular complexity index is 570. The van der Waals surface area contributed by atoms with Crippen LogP contribution < -0.4 is 9.64 Å². The minimum absolute atomic E-state index is 0.628. The third kappa shape index (κ3) is 3.15. The average Bonchev–Trinajstić information content (AvgIpc) is 2.53. The third-order valence-corrected chi connectivity index (χ3v) is 2.92. The molecule has 0 aliphatic carbocycles. The highest BCUT2D eigenvalue weighted by molar-refractivity contribution is 5.81. The van der Waals surface area contributed by atoms with Crippen molar-refractivity contribution < 1.29 is 9.53 Å². The molecule has 20 heavy (non-hydrogen) atoms. The molecule has 0 aliphatic heterocycles. The van der Waals surface area contributed by atoms with Crippen molar-refractivity contribution in [1.82, 2.24) is 4.98 Å². The van der Waals surface area contributed by atoms with E-state index in [9.17, 15) is 4.79 Å². The molecule has 2 aromatic rings. The van der Waals surface area contributed by atoms with E-state index in [-0.39, 0.29) is 0 Å². The number of aromatic nitrogens is 1. The maximum atomic E-state index is 11.0. The number of anilines is 1. The summed E-state index contributed by atoms with van der Waals surface area (Å²) in [7, 11) is 1.71. The molecule has 0 fully saturated rings. The van der Waals surface area contributed by atoms with Gasteiger partial charge in [-0.15, -0.1) is 0 Å². The lowest BCUT2D eigenvalue weighted by Crippen LogP contribution is -2.15. The minimum atomic E-state index is 0.628. The quantitative estimate of drug-likeness (QED) is 0.757. The average molecular weight is 270 g/mol. The zero-order chi connectivity index (χ0) is 14.4. The Hall–Kier alpha value is -2.36. The number of rotatable bonds is 6. The molecule has 4 nitrogen and oxygen atoms in total. The predicted octanol–water partition coefficient (Wildman–Crippen LogP) is 3.13. The monoisotopic (exact) mass is 270 g/mol. The summed E-state index contributed by atoms with van der Waals surface area (Å²) in [6.07, 6.45) is 3.45. The van der Waals surface area contributed by atoms with Gasteiger partial charge in [-0.3, -0.25) is 9.78 Å². The van der Waals surface area contributed by atoms with Crippen LogP contribution in [0.15, 0.2) is 42.6 Å². The van der Waals surface area contributed by atoms with Gasteiger partial charge in [-0.05, 0) is 36.8 Å². The van der Waals surface area contributed by atoms with Gasteiger partial charge in [0, 0.05) is 18.8 Å². The first kappa shape index (κ1) is 14.1. The number of pyridine rings is 1. The zero-order valence-electron chi connectivity index (χ0n) is 11.7. The van der Waals surface area contributed by atoms with E-state index in [2.05, 4.69) is 4.98 Å². The Morgan fingerprint density at radius 1 is 1.30 bits per heavy atom. The van der Waals surface area contributed by atoms with Crippen LogP contribution in [-0.2, 0) is 4.79 Å². The first-order valence-corrected chi connectivity index (χ1v) is 6.62. The fraction of sp³-hybridized carbons (Fsp3) is 0.250. The Balaban J connectivity index is 2.40. The van der Waals surface area contributed by atoms with Gasteiger partial charge in [-0.2, -0.15) is 0 Å². The second-order valence-electron chi connectivity index (χ2n) is 4.46. The molecule has 1 aromatic carbocycles. The molecule has 0 aliphatic rings. The molecule has 1 aromatic heterocycles. The molecule has 0 atom stereocenters. The van der Waals surface area contributed by atoms with Crippen molar-refractivity contribution in [2.24, 2.45) is 0 Å². The molecule has 0 radical (unpaired) electrons. The number of amides is 1. The zero-order valence-corrected chi connectivity index (χ0v) is 11.7. The van der Waals surface area contributed by atoms with Crippen molar-refractivity contribution >= 4 is 12.1 Å². The predicted molar refractivity (Wildman–Crippen MR) is 79.9 cm³/mol. The van der Waals surface area contributed by atoms with Crippen molar-refractivity contribution in [3.63, 3.8) is 0 Å². The van der Waals surface area contributed by atoms with Crippen LogP contribution in [0.1, 0.15) is 13.3 Å². The molecule has 0 spiro atoms. The van der Waals surface area contributed by atoms with E-state index in [1.807, 2.05) is 43.3 Å². The maximum absolute atomic E-state index is 11.0. The summed E-state index contributed by atoms with van der Waals surface area (Å²) >= 11 is 0. The normalized spacial score (nSPS) is 10.1. The Labute approximate surface area is 119 Å². The summed E-state index contributed by atoms with van der Waals surface area (Å²) in [5.41, 5.74) is 2.57. The van der Waals surface area contributed by atoms with Gasteiger partial charge >= 0.3 is 0 Å². The number of ether oxygens (including phenoxy) is 1. The summed E-state index contributed by atoms with van der Waals surface area (Å²) in [6, 6.07) is 11.5. The van der Waals surface area contributed by atoms with E-state index in [1.54, 1.807) is 13.2 Å². The fourth-order valence-corrected chi connectivity index (χ4v) is 1.88. The molecule has 4 heteroatoms. The van der Waals surface area contributed by atoms with Crippen LogP contribution in [0.25, 0.3) is 11.3 Å². The number of carbonyl (C=O) groups excluding carboxylic acids is 1. The van der Waals surface area contributed by atoms with Crippen LogP contribution in [0.5, 0.6) is 5.75 Å². The van der Waals surface area contributed by atoms with Crippen molar-refractivity contribution in [2.45, 2.75) is 13.3 Å². The molecule has 0 saturated heterocycles. The first-order chi connectivity index (χ1) is 9.76. The largest absolute Gasteiger partial charge is 0.491 e. The van der Waals surface area contributed by atoms with E-state index in [4.69, 9.17) is 4.74 Å². The number of carbonyl (C=O) groups is 1. The molecule has 2 rings (SSSR count). The fourth-order valence-electron chi connectivity index (χ4n) is 1.88. The Morgan fingerprint density at radius 3 is 2.80 bits per heavy atom. The van der Waals surface area contributed by atoms with Crippen LogP contribution in [0, 0.1) is 0 Å². The maximum Gasteiger partial charge on any atom is 0.213 e. The highest BCUT2D eigenvalue weighted by atomic mass is 16.5. The molecule has 0 N–H and O–H groups in total. The van der Waals surface area contributed by atoms with Crippen molar-refractivity contribution in [1.29, 1.82) is 0 Å². The SMILES string of the molecule is CCCOc1ccc(-c2ccccn2)cc1N(C)C=O. The van der Waals surface area contributed by atoms with E-state index in [0.29, 0.717) is 12.4 Å². The van der Waals surface area contributed by atoms with Gasteiger partial charge in [0.15, 0.2) is 0 Å². The number of hydrogen-bond donors (Lipinski definition) is 0. The van der Waals surface area contributed by atoms with Crippen LogP contribution in [0.4, 0.5) is 5.69 Å². The van der Waals surface area contributed by atoms with Gasteiger partial charge in [0.1, 0.15) is 5.75 Å². The summed E-state index contributed by atoms with van der Waals surface area (Å²) in [6.45, 7) is 2.67. The van der Waals surface area contributed by atoms with Crippen molar-refractivity contribution in [3.8, 4) is 17.0 Å². The van der Waals surface area contributed by atoms with Gasteiger partial charge in [-0.25, -0.2) is 0 Å². The lowest BCUT2D eigenvalue weighted by molar-refractivity contribution is -0.107. The summed E-state index contributed by atoms with van der Waals surface area (Å²) in [5, 5.41) is 0. The van der Waals surface area contributed by atoms with Gasteiger partial charge in [0.2, 0.25) is 6.41 Å². The Kier molecular flexibility index (Phi) is 4.71. The molecule has 1 heterocycles. The van der Waals surface area contributed by atoms with Gasteiger partial charge in [-0.1, -0.05) is 13.0 Å². The second-order valence-corrected chi connectivity index (χ2v) is 4.46. The molecule has 104 valence electrons. The lowest BCUT2D eigenvalue weighted by atomic mass is 10.1. The second kappa shape index (κ2) is 6.70. The third-order valence-electron chi connectivity index (χ3n) is 2.92. The van der Waals surface area contributed by atoms with Gasteiger partial charge in [0.05, 0.1) is 18.0 Å². The molecule has 1 amide bonds. The summed E-state index contributed by atoms with van der Waals surface area (Å²) in [5.74, 6) is 0.709. The van der Waals surface area contributed by atoms with Crippen LogP contribution in [-0.4, -0.2) is 25.0 Å². The number of hydrogen-bond acceptors (Lipinski definition) is 3. The summed E-state index contributed by atoms with van der Waals surface area (Å²) < 4.78 is 5.68. The molecule has 0 unspecified atom stereocenters. The Morgan fingerprint density at radius 2 is 2.15 bits per heavy atom. The van der Waals surface area contributed by atoms with E-state index in [1.165, 1.54) is 4.90 Å². The van der Waals surface area contributed by atoms with E-state index < -0.39 is 0 Å². The van der Waals surface area contributed by atoms with Crippen LogP contribution >= 0.6 is 0 Å². The summed E-state index contributed by atoms with van der Waals surface area (Å²) in [4.78, 5) is 16.9. The molecule has 0 saturated carbocycles. The minimum Gasteiger partial charge on any atom is -0.491 e. The van der Waals surface area contributed by atoms with Crippen LogP contribution in [0.3, 0.4) is 0 Å². The lowest BCUT2D eigenvalue weighted by Gasteiger charge is -2.17. The van der Waals surface area contributed by atoms with E-state index in [0.717, 1.165) is 29.8 Å². The molecular weight excluding hydrogens is 252 g/mol. The highest BCUT2D eigenvalue weighted by Gasteiger charge is 2.10. The number of nitrogens with zero attached hydrogens (tertiary/aromatic N) is 2. The highest BCUT2D eigenvalue weighted by Crippen LogP contribution is 2.32. The van der Waals surface area contributed by atoms with Crippen LogP contribution in [0.2, 0.25) is 0 Å². The molecule has 0 bridgehead atoms. The molecular formula is C16H18N2O2. The van der Waals surface area contributed by atoms with Gasteiger partial charge in [0.25, 0.3) is 0 Å². The van der Waals surface area contributed by atoms with E-state index >= 15 is 0 Å². The topological polar surface area (TPSA) is 42.4 Å².